The van der Waals surface area contributed by atoms with Crippen LogP contribution in [0.15, 0.2) is 78.9 Å². The zero-order valence-corrected chi connectivity index (χ0v) is 27.0. The standard InChI is InChI=1S/C37H47N3O5/c1-27-14-16-30(17-15-27)26-44-31-20-18-29(19-21-31)25-33(35(42)45-37(2,3)4)38-34(41)32(24-28-12-8-7-9-13-28)39-36(43)40-22-10-5-6-11-23-40/h7-9,12-21,32-33H,5-6,10-11,22-26H2,1-4H3,(H,38,41)(H,39,43). The van der Waals surface area contributed by atoms with Crippen molar-refractivity contribution in [3.63, 3.8) is 0 Å². The molecule has 1 aliphatic rings. The van der Waals surface area contributed by atoms with E-state index in [2.05, 4.69) is 22.8 Å². The minimum atomic E-state index is -0.954. The summed E-state index contributed by atoms with van der Waals surface area (Å²) >= 11 is 0. The molecule has 0 radical (unpaired) electrons. The van der Waals surface area contributed by atoms with Gasteiger partial charge in [0.1, 0.15) is 30.0 Å². The molecule has 1 fully saturated rings. The summed E-state index contributed by atoms with van der Waals surface area (Å²) in [5.74, 6) is -0.264. The third-order valence-corrected chi connectivity index (χ3v) is 7.69. The number of nitrogens with one attached hydrogen (secondary N) is 2. The third kappa shape index (κ3) is 11.3. The van der Waals surface area contributed by atoms with Crippen molar-refractivity contribution in [2.45, 2.75) is 90.5 Å². The van der Waals surface area contributed by atoms with Crippen molar-refractivity contribution in [1.29, 1.82) is 0 Å². The van der Waals surface area contributed by atoms with E-state index >= 15 is 0 Å². The van der Waals surface area contributed by atoms with Gasteiger partial charge in [0.05, 0.1) is 0 Å². The lowest BCUT2D eigenvalue weighted by atomic mass is 10.0. The molecule has 1 heterocycles. The maximum absolute atomic E-state index is 13.8. The Morgan fingerprint density at radius 2 is 1.31 bits per heavy atom. The Balaban J connectivity index is 1.47. The van der Waals surface area contributed by atoms with E-state index in [1.165, 1.54) is 5.56 Å². The van der Waals surface area contributed by atoms with Gasteiger partial charge in [0.15, 0.2) is 0 Å². The van der Waals surface area contributed by atoms with Crippen LogP contribution < -0.4 is 15.4 Å². The summed E-state index contributed by atoms with van der Waals surface area (Å²) in [6.45, 7) is 9.21. The van der Waals surface area contributed by atoms with Gasteiger partial charge in [-0.15, -0.1) is 0 Å². The van der Waals surface area contributed by atoms with Crippen LogP contribution in [0.5, 0.6) is 5.75 Å². The second kappa shape index (κ2) is 16.1. The molecule has 3 amide bonds. The highest BCUT2D eigenvalue weighted by Crippen LogP contribution is 2.18. The normalized spacial score (nSPS) is 14.9. The fraction of sp³-hybridized carbons (Fsp3) is 0.432. The quantitative estimate of drug-likeness (QED) is 0.253. The van der Waals surface area contributed by atoms with E-state index in [1.54, 1.807) is 25.7 Å². The Labute approximate surface area is 267 Å². The van der Waals surface area contributed by atoms with Gasteiger partial charge >= 0.3 is 12.0 Å². The molecule has 1 saturated heterocycles. The number of hydrogen-bond donors (Lipinski definition) is 2. The zero-order valence-electron chi connectivity index (χ0n) is 27.0. The van der Waals surface area contributed by atoms with Crippen LogP contribution in [0.2, 0.25) is 0 Å². The molecular weight excluding hydrogens is 566 g/mol. The first-order valence-electron chi connectivity index (χ1n) is 16.0. The number of amides is 3. The monoisotopic (exact) mass is 613 g/mol. The van der Waals surface area contributed by atoms with Crippen molar-refractivity contribution in [3.8, 4) is 5.75 Å². The molecule has 8 heteroatoms. The highest BCUT2D eigenvalue weighted by molar-refractivity contribution is 5.91. The van der Waals surface area contributed by atoms with Gasteiger partial charge < -0.3 is 25.0 Å². The maximum Gasteiger partial charge on any atom is 0.329 e. The lowest BCUT2D eigenvalue weighted by Crippen LogP contribution is -2.56. The fourth-order valence-corrected chi connectivity index (χ4v) is 5.22. The number of benzene rings is 3. The molecule has 3 aromatic rings. The summed E-state index contributed by atoms with van der Waals surface area (Å²) in [6, 6.07) is 23.1. The predicted octanol–water partition coefficient (Wildman–Crippen LogP) is 6.14. The van der Waals surface area contributed by atoms with Gasteiger partial charge in [-0.2, -0.15) is 0 Å². The number of rotatable bonds is 11. The van der Waals surface area contributed by atoms with Crippen molar-refractivity contribution >= 4 is 17.9 Å². The first kappa shape index (κ1) is 33.6. The second-order valence-corrected chi connectivity index (χ2v) is 12.8. The molecule has 0 saturated carbocycles. The molecule has 4 rings (SSSR count). The van der Waals surface area contributed by atoms with E-state index in [0.717, 1.165) is 42.4 Å². The molecule has 2 N–H and O–H groups in total. The van der Waals surface area contributed by atoms with Gasteiger partial charge in [-0.1, -0.05) is 85.1 Å². The first-order valence-corrected chi connectivity index (χ1v) is 16.0. The molecule has 2 atom stereocenters. The zero-order chi connectivity index (χ0) is 32.2. The smallest absolute Gasteiger partial charge is 0.329 e. The average Bonchev–Trinajstić information content (AvgIpc) is 3.30. The van der Waals surface area contributed by atoms with Crippen molar-refractivity contribution < 1.29 is 23.9 Å². The first-order chi connectivity index (χ1) is 21.6. The largest absolute Gasteiger partial charge is 0.489 e. The van der Waals surface area contributed by atoms with E-state index in [-0.39, 0.29) is 12.5 Å². The number of likely N-dealkylation sites (tertiary alicyclic amines) is 1. The average molecular weight is 614 g/mol. The minimum absolute atomic E-state index is 0.219. The van der Waals surface area contributed by atoms with Crippen LogP contribution in [0.4, 0.5) is 4.79 Å². The van der Waals surface area contributed by atoms with Crippen LogP contribution >= 0.6 is 0 Å². The van der Waals surface area contributed by atoms with Crippen LogP contribution in [0.1, 0.15) is 68.7 Å². The van der Waals surface area contributed by atoms with E-state index in [4.69, 9.17) is 9.47 Å². The fourth-order valence-electron chi connectivity index (χ4n) is 5.22. The van der Waals surface area contributed by atoms with Crippen LogP contribution in [0.25, 0.3) is 0 Å². The van der Waals surface area contributed by atoms with E-state index < -0.39 is 29.6 Å². The molecule has 240 valence electrons. The minimum Gasteiger partial charge on any atom is -0.489 e. The molecule has 3 aromatic carbocycles. The summed E-state index contributed by atoms with van der Waals surface area (Å²) in [4.78, 5) is 42.3. The molecule has 45 heavy (non-hydrogen) atoms. The summed E-state index contributed by atoms with van der Waals surface area (Å²) < 4.78 is 11.7. The number of hydrogen-bond acceptors (Lipinski definition) is 5. The Morgan fingerprint density at radius 1 is 0.733 bits per heavy atom. The lowest BCUT2D eigenvalue weighted by Gasteiger charge is -2.28. The van der Waals surface area contributed by atoms with Gasteiger partial charge in [-0.05, 0) is 69.4 Å². The summed E-state index contributed by atoms with van der Waals surface area (Å²) in [6.07, 6.45) is 4.58. The van der Waals surface area contributed by atoms with Gasteiger partial charge in [0.2, 0.25) is 5.91 Å². The number of aryl methyl sites for hydroxylation is 1. The number of urea groups is 1. The van der Waals surface area contributed by atoms with E-state index in [9.17, 15) is 14.4 Å². The van der Waals surface area contributed by atoms with Crippen LogP contribution in [-0.2, 0) is 33.8 Å². The maximum atomic E-state index is 13.8. The van der Waals surface area contributed by atoms with Crippen LogP contribution in [0.3, 0.4) is 0 Å². The number of esters is 1. The van der Waals surface area contributed by atoms with Crippen LogP contribution in [0, 0.1) is 6.92 Å². The number of nitrogens with zero attached hydrogens (tertiary/aromatic N) is 1. The molecule has 0 aliphatic carbocycles. The highest BCUT2D eigenvalue weighted by atomic mass is 16.6. The summed E-state index contributed by atoms with van der Waals surface area (Å²) in [7, 11) is 0. The van der Waals surface area contributed by atoms with Gasteiger partial charge in [-0.25, -0.2) is 9.59 Å². The lowest BCUT2D eigenvalue weighted by molar-refractivity contribution is -0.158. The van der Waals surface area contributed by atoms with Crippen molar-refractivity contribution in [2.75, 3.05) is 13.1 Å². The molecule has 0 aromatic heterocycles. The molecule has 8 nitrogen and oxygen atoms in total. The molecule has 0 spiro atoms. The van der Waals surface area contributed by atoms with Gasteiger partial charge in [0, 0.05) is 25.9 Å². The molecule has 1 aliphatic heterocycles. The molecule has 2 unspecified atom stereocenters. The molecule has 0 bridgehead atoms. The van der Waals surface area contributed by atoms with Gasteiger partial charge in [0.25, 0.3) is 0 Å². The van der Waals surface area contributed by atoms with Crippen molar-refractivity contribution in [2.24, 2.45) is 0 Å². The number of carbonyl (C=O) groups excluding carboxylic acids is 3. The third-order valence-electron chi connectivity index (χ3n) is 7.69. The Kier molecular flexibility index (Phi) is 12.0. The number of ether oxygens (including phenoxy) is 2. The molecular formula is C37H47N3O5. The second-order valence-electron chi connectivity index (χ2n) is 12.8. The van der Waals surface area contributed by atoms with Gasteiger partial charge in [-0.3, -0.25) is 4.79 Å². The summed E-state index contributed by atoms with van der Waals surface area (Å²) in [5, 5.41) is 5.88. The van der Waals surface area contributed by atoms with Crippen molar-refractivity contribution in [1.82, 2.24) is 15.5 Å². The van der Waals surface area contributed by atoms with Crippen LogP contribution in [-0.4, -0.2) is 53.6 Å². The summed E-state index contributed by atoms with van der Waals surface area (Å²) in [5.41, 5.74) is 3.27. The topological polar surface area (TPSA) is 97.0 Å². The number of carbonyl (C=O) groups is 3. The van der Waals surface area contributed by atoms with E-state index in [1.807, 2.05) is 73.7 Å². The Hall–Kier alpha value is -4.33. The predicted molar refractivity (Wildman–Crippen MR) is 176 cm³/mol. The highest BCUT2D eigenvalue weighted by Gasteiger charge is 2.31. The van der Waals surface area contributed by atoms with E-state index in [0.29, 0.717) is 31.9 Å². The van der Waals surface area contributed by atoms with Crippen molar-refractivity contribution in [3.05, 3.63) is 101 Å². The Bertz CT molecular complexity index is 1380. The SMILES string of the molecule is Cc1ccc(COc2ccc(CC(NC(=O)C(Cc3ccccc3)NC(=O)N3CCCCCC3)C(=O)OC(C)(C)C)cc2)cc1. The Morgan fingerprint density at radius 3 is 1.93 bits per heavy atom.